The molecular weight excluding hydrogens is 284 g/mol. The number of hydrogen-bond acceptors (Lipinski definition) is 3. The lowest BCUT2D eigenvalue weighted by molar-refractivity contribution is 0.112. The van der Waals surface area contributed by atoms with Crippen LogP contribution in [0.5, 0.6) is 11.5 Å². The van der Waals surface area contributed by atoms with Crippen LogP contribution in [0.4, 0.5) is 0 Å². The number of benzene rings is 1. The molecule has 0 aromatic heterocycles. The largest absolute Gasteiger partial charge is 0.490 e. The van der Waals surface area contributed by atoms with E-state index in [9.17, 15) is 4.79 Å². The van der Waals surface area contributed by atoms with E-state index in [4.69, 9.17) is 9.47 Å². The number of aldehydes is 1. The van der Waals surface area contributed by atoms with E-state index < -0.39 is 0 Å². The molecule has 0 saturated heterocycles. The van der Waals surface area contributed by atoms with Crippen LogP contribution in [0.3, 0.4) is 0 Å². The van der Waals surface area contributed by atoms with Gasteiger partial charge in [-0.1, -0.05) is 6.92 Å². The Morgan fingerprint density at radius 3 is 2.65 bits per heavy atom. The van der Waals surface area contributed by atoms with E-state index >= 15 is 0 Å². The van der Waals surface area contributed by atoms with Crippen LogP contribution in [0.1, 0.15) is 37.6 Å². The van der Waals surface area contributed by atoms with Crippen molar-refractivity contribution in [3.63, 3.8) is 0 Å². The molecule has 0 spiro atoms. The van der Waals surface area contributed by atoms with Gasteiger partial charge in [0, 0.05) is 5.56 Å². The van der Waals surface area contributed by atoms with Gasteiger partial charge < -0.3 is 9.47 Å². The summed E-state index contributed by atoms with van der Waals surface area (Å²) < 4.78 is 12.0. The summed E-state index contributed by atoms with van der Waals surface area (Å²) in [5, 5.41) is 0. The Morgan fingerprint density at radius 1 is 1.41 bits per heavy atom. The first kappa shape index (κ1) is 14.0. The van der Waals surface area contributed by atoms with Gasteiger partial charge in [-0.25, -0.2) is 0 Å². The number of hydrogen-bond donors (Lipinski definition) is 0. The fourth-order valence-electron chi connectivity index (χ4n) is 1.32. The number of carbonyl (C=O) groups is 1. The SMILES string of the molecule is CCOc1cc(C=O)cc(Br)c1OC(C)CC. The van der Waals surface area contributed by atoms with Crippen LogP contribution in [0.25, 0.3) is 0 Å². The van der Waals surface area contributed by atoms with Crippen molar-refractivity contribution in [2.75, 3.05) is 6.61 Å². The van der Waals surface area contributed by atoms with Gasteiger partial charge in [0.2, 0.25) is 0 Å². The summed E-state index contributed by atoms with van der Waals surface area (Å²) in [5.41, 5.74) is 0.567. The average molecular weight is 301 g/mol. The standard InChI is InChI=1S/C13H17BrO3/c1-4-9(3)17-13-11(14)6-10(8-15)7-12(13)16-5-2/h6-9H,4-5H2,1-3H3. The molecule has 0 saturated carbocycles. The van der Waals surface area contributed by atoms with E-state index in [1.165, 1.54) is 0 Å². The fourth-order valence-corrected chi connectivity index (χ4v) is 1.87. The number of ether oxygens (including phenoxy) is 2. The van der Waals surface area contributed by atoms with Crippen molar-refractivity contribution in [3.05, 3.63) is 22.2 Å². The highest BCUT2D eigenvalue weighted by atomic mass is 79.9. The van der Waals surface area contributed by atoms with E-state index in [1.807, 2.05) is 13.8 Å². The van der Waals surface area contributed by atoms with Crippen LogP contribution in [0.2, 0.25) is 0 Å². The molecule has 1 rings (SSSR count). The van der Waals surface area contributed by atoms with Gasteiger partial charge in [-0.3, -0.25) is 4.79 Å². The van der Waals surface area contributed by atoms with Gasteiger partial charge >= 0.3 is 0 Å². The normalized spacial score (nSPS) is 12.0. The predicted molar refractivity (Wildman–Crippen MR) is 71.1 cm³/mol. The van der Waals surface area contributed by atoms with E-state index in [0.29, 0.717) is 23.7 Å². The van der Waals surface area contributed by atoms with E-state index in [-0.39, 0.29) is 6.10 Å². The Kier molecular flexibility index (Phi) is 5.48. The van der Waals surface area contributed by atoms with Crippen molar-refractivity contribution >= 4 is 22.2 Å². The molecule has 0 amide bonds. The zero-order valence-corrected chi connectivity index (χ0v) is 11.9. The van der Waals surface area contributed by atoms with Crippen molar-refractivity contribution in [1.82, 2.24) is 0 Å². The molecule has 1 atom stereocenters. The molecule has 0 aliphatic heterocycles. The third kappa shape index (κ3) is 3.73. The molecule has 0 aliphatic carbocycles. The molecule has 0 heterocycles. The second kappa shape index (κ2) is 6.64. The van der Waals surface area contributed by atoms with Gasteiger partial charge in [0.05, 0.1) is 17.2 Å². The van der Waals surface area contributed by atoms with Gasteiger partial charge in [-0.2, -0.15) is 0 Å². The number of halogens is 1. The van der Waals surface area contributed by atoms with Crippen molar-refractivity contribution in [2.45, 2.75) is 33.3 Å². The Bertz CT molecular complexity index is 390. The second-order valence-electron chi connectivity index (χ2n) is 3.72. The highest BCUT2D eigenvalue weighted by Crippen LogP contribution is 2.37. The van der Waals surface area contributed by atoms with Gasteiger partial charge in [0.1, 0.15) is 6.29 Å². The molecule has 1 aromatic carbocycles. The van der Waals surface area contributed by atoms with Gasteiger partial charge in [0.25, 0.3) is 0 Å². The molecule has 0 fully saturated rings. The summed E-state index contributed by atoms with van der Waals surface area (Å²) in [7, 11) is 0. The molecule has 17 heavy (non-hydrogen) atoms. The van der Waals surface area contributed by atoms with E-state index in [2.05, 4.69) is 22.9 Å². The van der Waals surface area contributed by atoms with Crippen LogP contribution < -0.4 is 9.47 Å². The number of carbonyl (C=O) groups excluding carboxylic acids is 1. The van der Waals surface area contributed by atoms with Gasteiger partial charge in [0.15, 0.2) is 11.5 Å². The number of rotatable bonds is 6. The topological polar surface area (TPSA) is 35.5 Å². The summed E-state index contributed by atoms with van der Waals surface area (Å²) in [6.07, 6.45) is 1.81. The summed E-state index contributed by atoms with van der Waals surface area (Å²) in [4.78, 5) is 10.8. The summed E-state index contributed by atoms with van der Waals surface area (Å²) in [5.74, 6) is 1.26. The van der Waals surface area contributed by atoms with Crippen LogP contribution in [-0.2, 0) is 0 Å². The molecule has 4 heteroatoms. The molecular formula is C13H17BrO3. The van der Waals surface area contributed by atoms with E-state index in [0.717, 1.165) is 17.2 Å². The van der Waals surface area contributed by atoms with Gasteiger partial charge in [-0.15, -0.1) is 0 Å². The first-order valence-corrected chi connectivity index (χ1v) is 6.49. The zero-order valence-electron chi connectivity index (χ0n) is 10.3. The summed E-state index contributed by atoms with van der Waals surface area (Å²) in [6.45, 7) is 6.48. The van der Waals surface area contributed by atoms with Crippen molar-refractivity contribution in [1.29, 1.82) is 0 Å². The van der Waals surface area contributed by atoms with Crippen molar-refractivity contribution < 1.29 is 14.3 Å². The zero-order chi connectivity index (χ0) is 12.8. The average Bonchev–Trinajstić information content (AvgIpc) is 2.33. The van der Waals surface area contributed by atoms with Crippen molar-refractivity contribution in [3.8, 4) is 11.5 Å². The minimum absolute atomic E-state index is 0.104. The lowest BCUT2D eigenvalue weighted by Gasteiger charge is -2.18. The molecule has 3 nitrogen and oxygen atoms in total. The monoisotopic (exact) mass is 300 g/mol. The molecule has 1 aromatic rings. The quantitative estimate of drug-likeness (QED) is 0.749. The Morgan fingerprint density at radius 2 is 2.12 bits per heavy atom. The molecule has 0 N–H and O–H groups in total. The van der Waals surface area contributed by atoms with Crippen LogP contribution in [0, 0.1) is 0 Å². The van der Waals surface area contributed by atoms with E-state index in [1.54, 1.807) is 12.1 Å². The minimum Gasteiger partial charge on any atom is -0.490 e. The Balaban J connectivity index is 3.11. The summed E-state index contributed by atoms with van der Waals surface area (Å²) >= 11 is 3.40. The van der Waals surface area contributed by atoms with Crippen LogP contribution in [-0.4, -0.2) is 19.0 Å². The lowest BCUT2D eigenvalue weighted by Crippen LogP contribution is -2.11. The highest BCUT2D eigenvalue weighted by Gasteiger charge is 2.14. The third-order valence-electron chi connectivity index (χ3n) is 2.36. The fraction of sp³-hybridized carbons (Fsp3) is 0.462. The molecule has 1 unspecified atom stereocenters. The summed E-state index contributed by atoms with van der Waals surface area (Å²) in [6, 6.07) is 3.42. The smallest absolute Gasteiger partial charge is 0.175 e. The molecule has 0 aliphatic rings. The van der Waals surface area contributed by atoms with Gasteiger partial charge in [-0.05, 0) is 48.3 Å². The Hall–Kier alpha value is -1.03. The predicted octanol–water partition coefficient (Wildman–Crippen LogP) is 3.84. The maximum Gasteiger partial charge on any atom is 0.175 e. The molecule has 94 valence electrons. The minimum atomic E-state index is 0.104. The molecule has 0 bridgehead atoms. The maximum absolute atomic E-state index is 10.8. The van der Waals surface area contributed by atoms with Crippen LogP contribution >= 0.6 is 15.9 Å². The third-order valence-corrected chi connectivity index (χ3v) is 2.95. The van der Waals surface area contributed by atoms with Crippen molar-refractivity contribution in [2.24, 2.45) is 0 Å². The van der Waals surface area contributed by atoms with Crippen LogP contribution in [0.15, 0.2) is 16.6 Å². The maximum atomic E-state index is 10.8. The highest BCUT2D eigenvalue weighted by molar-refractivity contribution is 9.10. The first-order valence-electron chi connectivity index (χ1n) is 5.70. The first-order chi connectivity index (χ1) is 8.12. The molecule has 0 radical (unpaired) electrons. The Labute approximate surface area is 110 Å². The second-order valence-corrected chi connectivity index (χ2v) is 4.57. The lowest BCUT2D eigenvalue weighted by atomic mass is 10.2.